The summed E-state index contributed by atoms with van der Waals surface area (Å²) in [6.45, 7) is 4.46. The van der Waals surface area contributed by atoms with Gasteiger partial charge in [-0.2, -0.15) is 0 Å². The van der Waals surface area contributed by atoms with Crippen LogP contribution >= 0.6 is 39.1 Å². The second kappa shape index (κ2) is 6.98. The van der Waals surface area contributed by atoms with E-state index in [2.05, 4.69) is 54.0 Å². The molecule has 0 spiro atoms. The minimum absolute atomic E-state index is 0.128. The molecule has 2 rings (SSSR count). The van der Waals surface area contributed by atoms with Crippen molar-refractivity contribution in [2.24, 2.45) is 0 Å². The molecule has 2 atom stereocenters. The highest BCUT2D eigenvalue weighted by molar-refractivity contribution is 9.09. The van der Waals surface area contributed by atoms with Crippen LogP contribution in [0.1, 0.15) is 47.7 Å². The molecule has 0 amide bonds. The second-order valence-electron chi connectivity index (χ2n) is 5.01. The Hall–Kier alpha value is -0.500. The lowest BCUT2D eigenvalue weighted by atomic mass is 9.96. The molecule has 0 nitrogen and oxygen atoms in total. The van der Waals surface area contributed by atoms with Crippen LogP contribution in [0.5, 0.6) is 0 Å². The van der Waals surface area contributed by atoms with Crippen molar-refractivity contribution in [3.05, 3.63) is 69.2 Å². The van der Waals surface area contributed by atoms with Crippen LogP contribution in [0.4, 0.5) is 0 Å². The van der Waals surface area contributed by atoms with E-state index in [1.807, 2.05) is 18.2 Å². The minimum Gasteiger partial charge on any atom is -0.0827 e. The van der Waals surface area contributed by atoms with E-state index in [0.29, 0.717) is 16.0 Å². The Bertz CT molecular complexity index is 578. The van der Waals surface area contributed by atoms with Crippen molar-refractivity contribution in [2.75, 3.05) is 0 Å². The number of alkyl halides is 1. The molecular weight excluding hydrogens is 355 g/mol. The summed E-state index contributed by atoms with van der Waals surface area (Å²) < 4.78 is 0. The van der Waals surface area contributed by atoms with E-state index in [0.717, 1.165) is 12.0 Å². The predicted molar refractivity (Wildman–Crippen MR) is 92.4 cm³/mol. The van der Waals surface area contributed by atoms with Crippen molar-refractivity contribution >= 4 is 39.1 Å². The van der Waals surface area contributed by atoms with Gasteiger partial charge in [0.2, 0.25) is 0 Å². The zero-order valence-corrected chi connectivity index (χ0v) is 14.6. The molecule has 0 N–H and O–H groups in total. The van der Waals surface area contributed by atoms with Gasteiger partial charge >= 0.3 is 0 Å². The molecule has 0 saturated heterocycles. The Labute approximate surface area is 139 Å². The zero-order valence-electron chi connectivity index (χ0n) is 11.5. The fourth-order valence-corrected chi connectivity index (χ4v) is 2.99. The van der Waals surface area contributed by atoms with Gasteiger partial charge in [0, 0.05) is 0 Å². The van der Waals surface area contributed by atoms with Crippen LogP contribution in [-0.2, 0) is 0 Å². The van der Waals surface area contributed by atoms with Crippen molar-refractivity contribution in [2.45, 2.75) is 31.0 Å². The average Bonchev–Trinajstić information content (AvgIpc) is 2.48. The van der Waals surface area contributed by atoms with Gasteiger partial charge in [0.25, 0.3) is 0 Å². The Balaban J connectivity index is 2.24. The highest BCUT2D eigenvalue weighted by Gasteiger charge is 2.12. The van der Waals surface area contributed by atoms with Gasteiger partial charge in [-0.25, -0.2) is 0 Å². The lowest BCUT2D eigenvalue weighted by molar-refractivity contribution is 0.733. The molecule has 0 fully saturated rings. The fraction of sp³-hybridized carbons (Fsp3) is 0.294. The van der Waals surface area contributed by atoms with Crippen molar-refractivity contribution in [3.8, 4) is 0 Å². The molecule has 0 radical (unpaired) electrons. The minimum atomic E-state index is 0.128. The maximum atomic E-state index is 6.08. The summed E-state index contributed by atoms with van der Waals surface area (Å²) in [4.78, 5) is 0.128. The third-order valence-electron chi connectivity index (χ3n) is 3.65. The molecule has 3 heteroatoms. The van der Waals surface area contributed by atoms with Gasteiger partial charge in [-0.1, -0.05) is 83.3 Å². The molecule has 0 aromatic heterocycles. The van der Waals surface area contributed by atoms with E-state index < -0.39 is 0 Å². The first-order chi connectivity index (χ1) is 9.52. The van der Waals surface area contributed by atoms with Gasteiger partial charge in [0.15, 0.2) is 0 Å². The summed E-state index contributed by atoms with van der Waals surface area (Å²) in [6, 6.07) is 14.5. The van der Waals surface area contributed by atoms with Gasteiger partial charge in [-0.3, -0.25) is 0 Å². The van der Waals surface area contributed by atoms with Crippen LogP contribution in [0, 0.1) is 0 Å². The van der Waals surface area contributed by atoms with Gasteiger partial charge < -0.3 is 0 Å². The molecule has 2 unspecified atom stereocenters. The SMILES string of the molecule is CCC(C)c1ccc(C(Br)c2ccc(Cl)c(Cl)c2)cc1. The quantitative estimate of drug-likeness (QED) is 0.508. The first-order valence-corrected chi connectivity index (χ1v) is 8.39. The van der Waals surface area contributed by atoms with Crippen molar-refractivity contribution in [1.82, 2.24) is 0 Å². The Morgan fingerprint density at radius 1 is 0.900 bits per heavy atom. The third-order valence-corrected chi connectivity index (χ3v) is 5.44. The van der Waals surface area contributed by atoms with Crippen molar-refractivity contribution in [1.29, 1.82) is 0 Å². The lowest BCUT2D eigenvalue weighted by Crippen LogP contribution is -1.95. The first-order valence-electron chi connectivity index (χ1n) is 6.71. The summed E-state index contributed by atoms with van der Waals surface area (Å²) >= 11 is 15.8. The van der Waals surface area contributed by atoms with Crippen LogP contribution < -0.4 is 0 Å². The summed E-state index contributed by atoms with van der Waals surface area (Å²) in [6.07, 6.45) is 1.16. The van der Waals surface area contributed by atoms with E-state index in [-0.39, 0.29) is 4.83 Å². The predicted octanol–water partition coefficient (Wildman–Crippen LogP) is 6.99. The molecule has 0 aliphatic rings. The summed E-state index contributed by atoms with van der Waals surface area (Å²) in [7, 11) is 0. The molecular formula is C17H17BrCl2. The molecule has 0 aliphatic carbocycles. The fourth-order valence-electron chi connectivity index (χ4n) is 2.09. The lowest BCUT2D eigenvalue weighted by Gasteiger charge is -2.14. The van der Waals surface area contributed by atoms with Gasteiger partial charge in [-0.05, 0) is 41.2 Å². The van der Waals surface area contributed by atoms with E-state index in [4.69, 9.17) is 23.2 Å². The number of hydrogen-bond donors (Lipinski definition) is 0. The van der Waals surface area contributed by atoms with E-state index >= 15 is 0 Å². The molecule has 0 saturated carbocycles. The van der Waals surface area contributed by atoms with E-state index in [9.17, 15) is 0 Å². The number of benzene rings is 2. The van der Waals surface area contributed by atoms with Crippen LogP contribution in [0.2, 0.25) is 10.0 Å². The molecule has 2 aromatic carbocycles. The largest absolute Gasteiger partial charge is 0.0827 e. The normalized spacial score (nSPS) is 14.1. The third kappa shape index (κ3) is 3.58. The molecule has 0 heterocycles. The molecule has 0 aliphatic heterocycles. The standard InChI is InChI=1S/C17H17BrCl2/c1-3-11(2)12-4-6-13(7-5-12)17(18)14-8-9-15(19)16(20)10-14/h4-11,17H,3H2,1-2H3. The number of halogens is 3. The highest BCUT2D eigenvalue weighted by Crippen LogP contribution is 2.34. The van der Waals surface area contributed by atoms with E-state index in [1.165, 1.54) is 11.1 Å². The van der Waals surface area contributed by atoms with Gasteiger partial charge in [0.05, 0.1) is 14.9 Å². The highest BCUT2D eigenvalue weighted by atomic mass is 79.9. The van der Waals surface area contributed by atoms with E-state index in [1.54, 1.807) is 0 Å². The van der Waals surface area contributed by atoms with Crippen LogP contribution in [0.3, 0.4) is 0 Å². The molecule has 20 heavy (non-hydrogen) atoms. The van der Waals surface area contributed by atoms with Gasteiger partial charge in [0.1, 0.15) is 0 Å². The maximum absolute atomic E-state index is 6.08. The molecule has 2 aromatic rings. The van der Waals surface area contributed by atoms with Crippen LogP contribution in [0.25, 0.3) is 0 Å². The summed E-state index contributed by atoms with van der Waals surface area (Å²) in [5.41, 5.74) is 3.70. The van der Waals surface area contributed by atoms with Crippen LogP contribution in [0.15, 0.2) is 42.5 Å². The van der Waals surface area contributed by atoms with Crippen molar-refractivity contribution in [3.63, 3.8) is 0 Å². The number of rotatable bonds is 4. The average molecular weight is 372 g/mol. The zero-order chi connectivity index (χ0) is 14.7. The summed E-state index contributed by atoms with van der Waals surface area (Å²) in [5, 5.41) is 1.17. The van der Waals surface area contributed by atoms with Crippen LogP contribution in [-0.4, -0.2) is 0 Å². The second-order valence-corrected chi connectivity index (χ2v) is 6.74. The van der Waals surface area contributed by atoms with Crippen molar-refractivity contribution < 1.29 is 0 Å². The first kappa shape index (κ1) is 15.9. The molecule has 106 valence electrons. The topological polar surface area (TPSA) is 0 Å². The van der Waals surface area contributed by atoms with Gasteiger partial charge in [-0.15, -0.1) is 0 Å². The summed E-state index contributed by atoms with van der Waals surface area (Å²) in [5.74, 6) is 0.600. The number of hydrogen-bond acceptors (Lipinski definition) is 0. The Morgan fingerprint density at radius 3 is 2.00 bits per heavy atom. The monoisotopic (exact) mass is 370 g/mol. The molecule has 0 bridgehead atoms. The Morgan fingerprint density at radius 2 is 1.45 bits per heavy atom. The smallest absolute Gasteiger partial charge is 0.0645 e. The Kier molecular flexibility index (Phi) is 5.54. The maximum Gasteiger partial charge on any atom is 0.0645 e.